The van der Waals surface area contributed by atoms with Crippen LogP contribution >= 0.6 is 11.3 Å². The zero-order valence-electron chi connectivity index (χ0n) is 21.2. The van der Waals surface area contributed by atoms with Gasteiger partial charge in [0.2, 0.25) is 0 Å². The molecule has 2 N–H and O–H groups in total. The normalized spacial score (nSPS) is 13.6. The molecule has 4 nitrogen and oxygen atoms in total. The Morgan fingerprint density at radius 1 is 0.973 bits per heavy atom. The first-order valence-electron chi connectivity index (χ1n) is 12.7. The van der Waals surface area contributed by atoms with Crippen molar-refractivity contribution in [2.75, 3.05) is 0 Å². The molecule has 1 aliphatic carbocycles. The monoisotopic (exact) mass is 517 g/mol. The summed E-state index contributed by atoms with van der Waals surface area (Å²) < 4.78 is 15.1. The molecule has 0 saturated heterocycles. The number of fused-ring (bicyclic) bond motifs is 1. The molecule has 1 fully saturated rings. The Bertz CT molecular complexity index is 1390. The summed E-state index contributed by atoms with van der Waals surface area (Å²) in [5.41, 5.74) is 2.56. The summed E-state index contributed by atoms with van der Waals surface area (Å²) in [6.45, 7) is 3.85. The van der Waals surface area contributed by atoms with E-state index in [1.165, 1.54) is 56.4 Å². The van der Waals surface area contributed by atoms with Crippen LogP contribution in [0, 0.1) is 11.7 Å². The second kappa shape index (κ2) is 12.2. The Hall–Kier alpha value is -3.51. The molecule has 192 valence electrons. The molecule has 6 heteroatoms. The van der Waals surface area contributed by atoms with Gasteiger partial charge in [0.05, 0.1) is 0 Å². The number of thiophene rings is 1. The highest BCUT2D eigenvalue weighted by Gasteiger charge is 2.18. The third kappa shape index (κ3) is 6.63. The predicted molar refractivity (Wildman–Crippen MR) is 149 cm³/mol. The number of amides is 1. The molecule has 1 heterocycles. The van der Waals surface area contributed by atoms with Crippen molar-refractivity contribution >= 4 is 33.1 Å². The number of carbonyl (C=O) groups is 2. The molecule has 3 aromatic carbocycles. The number of benzene rings is 3. The average Bonchev–Trinajstić information content (AvgIpc) is 3.25. The minimum absolute atomic E-state index is 0.0161. The summed E-state index contributed by atoms with van der Waals surface area (Å²) in [6.07, 6.45) is 7.44. The fourth-order valence-corrected chi connectivity index (χ4v) is 5.55. The van der Waals surface area contributed by atoms with Crippen molar-refractivity contribution in [2.45, 2.75) is 52.5 Å². The number of nitrogens with one attached hydrogen (secondary N) is 1. The van der Waals surface area contributed by atoms with Gasteiger partial charge in [-0.3, -0.25) is 9.59 Å². The third-order valence-electron chi connectivity index (χ3n) is 6.78. The highest BCUT2D eigenvalue weighted by atomic mass is 32.1. The third-order valence-corrected chi connectivity index (χ3v) is 7.94. The second-order valence-electron chi connectivity index (χ2n) is 9.64. The molecule has 1 aromatic heterocycles. The lowest BCUT2D eigenvalue weighted by Gasteiger charge is -2.15. The van der Waals surface area contributed by atoms with Crippen LogP contribution in [0.5, 0.6) is 5.75 Å². The minimum Gasteiger partial charge on any atom is -0.506 e. The van der Waals surface area contributed by atoms with Gasteiger partial charge in [0, 0.05) is 27.8 Å². The van der Waals surface area contributed by atoms with E-state index in [1.807, 2.05) is 24.3 Å². The molecule has 1 amide bonds. The molecular formula is C31H32FNO3S. The number of Topliss-reactive ketones (excluding diaryl/α,β-unsaturated/α-hetero) is 1. The molecular weight excluding hydrogens is 485 g/mol. The van der Waals surface area contributed by atoms with E-state index in [2.05, 4.69) is 12.2 Å². The van der Waals surface area contributed by atoms with E-state index in [-0.39, 0.29) is 23.0 Å². The molecule has 4 aromatic rings. The highest BCUT2D eigenvalue weighted by molar-refractivity contribution is 7.21. The van der Waals surface area contributed by atoms with Crippen LogP contribution in [0.15, 0.2) is 66.7 Å². The molecule has 5 rings (SSSR count). The van der Waals surface area contributed by atoms with Gasteiger partial charge in [-0.25, -0.2) is 4.39 Å². The quantitative estimate of drug-likeness (QED) is 0.263. The fraction of sp³-hybridized carbons (Fsp3) is 0.290. The summed E-state index contributed by atoms with van der Waals surface area (Å²) in [6, 6.07) is 19.0. The van der Waals surface area contributed by atoms with Crippen molar-refractivity contribution in [1.82, 2.24) is 5.32 Å². The zero-order valence-corrected chi connectivity index (χ0v) is 22.0. The Morgan fingerprint density at radius 3 is 2.27 bits per heavy atom. The van der Waals surface area contributed by atoms with E-state index < -0.39 is 11.7 Å². The van der Waals surface area contributed by atoms with Crippen molar-refractivity contribution in [2.24, 2.45) is 5.92 Å². The second-order valence-corrected chi connectivity index (χ2v) is 10.7. The lowest BCUT2D eigenvalue weighted by Crippen LogP contribution is -2.22. The summed E-state index contributed by atoms with van der Waals surface area (Å²) in [5, 5.41) is 13.6. The fourth-order valence-electron chi connectivity index (χ4n) is 4.54. The number of aromatic hydroxyl groups is 1. The maximum absolute atomic E-state index is 14.3. The first kappa shape index (κ1) is 26.6. The lowest BCUT2D eigenvalue weighted by molar-refractivity contribution is 0.0951. The minimum atomic E-state index is -0.454. The van der Waals surface area contributed by atoms with Gasteiger partial charge >= 0.3 is 0 Å². The van der Waals surface area contributed by atoms with Crippen LogP contribution in [0.2, 0.25) is 0 Å². The van der Waals surface area contributed by atoms with Gasteiger partial charge in [0.1, 0.15) is 16.4 Å². The Balaban J connectivity index is 0.000000396. The SMILES string of the molecule is CC(=O)c1ccc(-c2ccc(F)c(CNC(=O)c3sc4ccccc4c3O)c2)cc1.CC1CCCCC1. The van der Waals surface area contributed by atoms with Crippen LogP contribution < -0.4 is 5.32 Å². The van der Waals surface area contributed by atoms with Crippen LogP contribution in [0.4, 0.5) is 4.39 Å². The van der Waals surface area contributed by atoms with Crippen LogP contribution in [-0.4, -0.2) is 16.8 Å². The van der Waals surface area contributed by atoms with Crippen LogP contribution in [0.3, 0.4) is 0 Å². The Kier molecular flexibility index (Phi) is 8.72. The molecule has 0 bridgehead atoms. The number of hydrogen-bond donors (Lipinski definition) is 2. The van der Waals surface area contributed by atoms with Gasteiger partial charge in [-0.05, 0) is 48.2 Å². The van der Waals surface area contributed by atoms with Gasteiger partial charge < -0.3 is 10.4 Å². The van der Waals surface area contributed by atoms with E-state index >= 15 is 0 Å². The molecule has 0 unspecified atom stereocenters. The molecule has 0 spiro atoms. The van der Waals surface area contributed by atoms with Gasteiger partial charge in [-0.2, -0.15) is 0 Å². The molecule has 0 radical (unpaired) electrons. The average molecular weight is 518 g/mol. The van der Waals surface area contributed by atoms with Crippen LogP contribution in [-0.2, 0) is 6.54 Å². The summed E-state index contributed by atoms with van der Waals surface area (Å²) in [4.78, 5) is 24.2. The Morgan fingerprint density at radius 2 is 1.65 bits per heavy atom. The van der Waals surface area contributed by atoms with Gasteiger partial charge in [-0.15, -0.1) is 11.3 Å². The van der Waals surface area contributed by atoms with Gasteiger partial charge in [0.15, 0.2) is 5.78 Å². The van der Waals surface area contributed by atoms with E-state index in [1.54, 1.807) is 36.4 Å². The van der Waals surface area contributed by atoms with E-state index in [4.69, 9.17) is 0 Å². The van der Waals surface area contributed by atoms with Crippen molar-refractivity contribution in [3.8, 4) is 16.9 Å². The van der Waals surface area contributed by atoms with Gasteiger partial charge in [-0.1, -0.05) is 81.5 Å². The largest absolute Gasteiger partial charge is 0.506 e. The van der Waals surface area contributed by atoms with E-state index in [0.717, 1.165) is 21.7 Å². The number of rotatable bonds is 5. The lowest BCUT2D eigenvalue weighted by atomic mass is 9.91. The standard InChI is InChI=1S/C24H18FNO3S.C7H14/c1-14(27)15-6-8-16(9-7-15)17-10-11-20(25)18(12-17)13-26-24(29)23-22(28)19-4-2-3-5-21(19)30-23;1-7-5-3-2-4-6-7/h2-12,28H,13H2,1H3,(H,26,29);7H,2-6H2,1H3. The number of ketones is 1. The Labute approximate surface area is 221 Å². The molecule has 0 atom stereocenters. The van der Waals surface area contributed by atoms with Gasteiger partial charge in [0.25, 0.3) is 5.91 Å². The van der Waals surface area contributed by atoms with Crippen molar-refractivity contribution in [3.63, 3.8) is 0 Å². The summed E-state index contributed by atoms with van der Waals surface area (Å²) in [7, 11) is 0. The van der Waals surface area contributed by atoms with Crippen molar-refractivity contribution in [1.29, 1.82) is 0 Å². The van der Waals surface area contributed by atoms with Crippen molar-refractivity contribution < 1.29 is 19.1 Å². The predicted octanol–water partition coefficient (Wildman–Crippen LogP) is 8.13. The first-order valence-corrected chi connectivity index (χ1v) is 13.5. The van der Waals surface area contributed by atoms with Crippen molar-refractivity contribution in [3.05, 3.63) is 88.6 Å². The van der Waals surface area contributed by atoms with Crippen LogP contribution in [0.1, 0.15) is 71.5 Å². The zero-order chi connectivity index (χ0) is 26.4. The maximum Gasteiger partial charge on any atom is 0.265 e. The molecule has 37 heavy (non-hydrogen) atoms. The summed E-state index contributed by atoms with van der Waals surface area (Å²) in [5.74, 6) is 0.0689. The molecule has 1 aliphatic rings. The first-order chi connectivity index (χ1) is 17.8. The topological polar surface area (TPSA) is 66.4 Å². The maximum atomic E-state index is 14.3. The summed E-state index contributed by atoms with van der Waals surface area (Å²) >= 11 is 1.19. The highest BCUT2D eigenvalue weighted by Crippen LogP contribution is 2.36. The number of carbonyl (C=O) groups excluding carboxylic acids is 2. The number of hydrogen-bond acceptors (Lipinski definition) is 4. The smallest absolute Gasteiger partial charge is 0.265 e. The van der Waals surface area contributed by atoms with Crippen LogP contribution in [0.25, 0.3) is 21.2 Å². The van der Waals surface area contributed by atoms with E-state index in [9.17, 15) is 19.1 Å². The van der Waals surface area contributed by atoms with E-state index in [0.29, 0.717) is 16.5 Å². The number of halogens is 1. The molecule has 1 saturated carbocycles. The molecule has 0 aliphatic heterocycles.